The van der Waals surface area contributed by atoms with Gasteiger partial charge in [-0.3, -0.25) is 19.3 Å². The molecule has 1 saturated heterocycles. The van der Waals surface area contributed by atoms with Gasteiger partial charge in [0.25, 0.3) is 11.1 Å². The van der Waals surface area contributed by atoms with Gasteiger partial charge in [-0.2, -0.15) is 8.42 Å². The maximum atomic E-state index is 13.0. The summed E-state index contributed by atoms with van der Waals surface area (Å²) in [6.07, 6.45) is 1.40. The van der Waals surface area contributed by atoms with E-state index >= 15 is 0 Å². The molecule has 1 heterocycles. The highest BCUT2D eigenvalue weighted by Gasteiger charge is 2.35. The highest BCUT2D eigenvalue weighted by Crippen LogP contribution is 2.36. The van der Waals surface area contributed by atoms with Crippen molar-refractivity contribution in [3.05, 3.63) is 92.8 Å². The van der Waals surface area contributed by atoms with Crippen LogP contribution in [0.25, 0.3) is 6.08 Å². The lowest BCUT2D eigenvalue weighted by atomic mass is 10.2. The molecule has 12 heteroatoms. The smallest absolute Gasteiger partial charge is 0.339 e. The number of thioether (sulfide) groups is 1. The van der Waals surface area contributed by atoms with Gasteiger partial charge in [-0.05, 0) is 65.9 Å². The van der Waals surface area contributed by atoms with E-state index in [1.165, 1.54) is 49.4 Å². The summed E-state index contributed by atoms with van der Waals surface area (Å²) in [5.41, 5.74) is 1.27. The van der Waals surface area contributed by atoms with Gasteiger partial charge < -0.3 is 9.50 Å². The van der Waals surface area contributed by atoms with Crippen LogP contribution < -0.4 is 9.50 Å². The first-order valence-electron chi connectivity index (χ1n) is 10.6. The molecular weight excluding hydrogens is 559 g/mol. The van der Waals surface area contributed by atoms with Crippen LogP contribution in [0.1, 0.15) is 18.1 Å². The highest BCUT2D eigenvalue weighted by molar-refractivity contribution is 8.18. The number of hydrogen-bond acceptors (Lipinski definition) is 7. The summed E-state index contributed by atoms with van der Waals surface area (Å²) in [5, 5.41) is 2.81. The Hall–Kier alpha value is -3.31. The number of halogens is 2. The van der Waals surface area contributed by atoms with E-state index in [0.29, 0.717) is 21.3 Å². The molecule has 3 amide bonds. The molecule has 3 aromatic carbocycles. The predicted octanol–water partition coefficient (Wildman–Crippen LogP) is 5.96. The molecule has 190 valence electrons. The molecule has 1 aliphatic heterocycles. The van der Waals surface area contributed by atoms with Gasteiger partial charge in [0.2, 0.25) is 5.91 Å². The van der Waals surface area contributed by atoms with Crippen molar-refractivity contribution in [2.75, 3.05) is 5.32 Å². The third-order valence-electron chi connectivity index (χ3n) is 5.09. The Morgan fingerprint density at radius 1 is 1.05 bits per heavy atom. The summed E-state index contributed by atoms with van der Waals surface area (Å²) < 4.78 is 31.1. The molecule has 0 radical (unpaired) electrons. The number of carbonyl (C=O) groups is 3. The molecule has 1 fully saturated rings. The van der Waals surface area contributed by atoms with Crippen molar-refractivity contribution < 1.29 is 27.0 Å². The van der Waals surface area contributed by atoms with E-state index < -0.39 is 21.3 Å². The van der Waals surface area contributed by atoms with Gasteiger partial charge in [-0.1, -0.05) is 47.5 Å². The van der Waals surface area contributed by atoms with E-state index in [4.69, 9.17) is 27.4 Å². The molecule has 0 atom stereocenters. The van der Waals surface area contributed by atoms with Crippen molar-refractivity contribution in [3.63, 3.8) is 0 Å². The SMILES string of the molecule is CC(=O)Nc1ccc(S(=O)(=O)Oc2ccccc2/C=C2\SC(=O)N(Cc3ccc(Cl)cc3Cl)C2=O)cc1. The van der Waals surface area contributed by atoms with Crippen molar-refractivity contribution in [1.29, 1.82) is 0 Å². The van der Waals surface area contributed by atoms with E-state index in [2.05, 4.69) is 5.32 Å². The van der Waals surface area contributed by atoms with E-state index in [1.54, 1.807) is 30.3 Å². The minimum Gasteiger partial charge on any atom is -0.378 e. The predicted molar refractivity (Wildman–Crippen MR) is 143 cm³/mol. The van der Waals surface area contributed by atoms with E-state index in [9.17, 15) is 22.8 Å². The molecule has 4 rings (SSSR count). The Morgan fingerprint density at radius 2 is 1.76 bits per heavy atom. The fourth-order valence-electron chi connectivity index (χ4n) is 3.35. The van der Waals surface area contributed by atoms with Crippen LogP contribution in [-0.4, -0.2) is 30.4 Å². The van der Waals surface area contributed by atoms with Gasteiger partial charge >= 0.3 is 10.1 Å². The maximum absolute atomic E-state index is 13.0. The number of hydrogen-bond donors (Lipinski definition) is 1. The highest BCUT2D eigenvalue weighted by atomic mass is 35.5. The quantitative estimate of drug-likeness (QED) is 0.273. The summed E-state index contributed by atoms with van der Waals surface area (Å²) in [5.74, 6) is -0.866. The van der Waals surface area contributed by atoms with Crippen molar-refractivity contribution in [2.45, 2.75) is 18.4 Å². The van der Waals surface area contributed by atoms with Crippen LogP contribution in [-0.2, 0) is 26.3 Å². The van der Waals surface area contributed by atoms with Crippen molar-refractivity contribution in [3.8, 4) is 5.75 Å². The maximum Gasteiger partial charge on any atom is 0.339 e. The number of nitrogens with zero attached hydrogens (tertiary/aromatic N) is 1. The Kier molecular flexibility index (Phi) is 7.93. The Bertz CT molecular complexity index is 1540. The Balaban J connectivity index is 1.56. The fraction of sp³-hybridized carbons (Fsp3) is 0.0800. The largest absolute Gasteiger partial charge is 0.378 e. The topological polar surface area (TPSA) is 110 Å². The van der Waals surface area contributed by atoms with Gasteiger partial charge in [0.05, 0.1) is 11.4 Å². The van der Waals surface area contributed by atoms with E-state index in [0.717, 1.165) is 16.7 Å². The average molecular weight is 577 g/mol. The van der Waals surface area contributed by atoms with E-state index in [-0.39, 0.29) is 33.6 Å². The first kappa shape index (κ1) is 26.7. The summed E-state index contributed by atoms with van der Waals surface area (Å²) in [4.78, 5) is 37.7. The Morgan fingerprint density at radius 3 is 2.43 bits per heavy atom. The summed E-state index contributed by atoms with van der Waals surface area (Å²) in [6.45, 7) is 1.30. The minimum atomic E-state index is -4.24. The molecule has 0 aliphatic carbocycles. The lowest BCUT2D eigenvalue weighted by molar-refractivity contribution is -0.123. The zero-order chi connectivity index (χ0) is 26.7. The molecule has 37 heavy (non-hydrogen) atoms. The lowest BCUT2D eigenvalue weighted by Crippen LogP contribution is -2.27. The second kappa shape index (κ2) is 11.0. The molecular formula is C25H18Cl2N2O6S2. The van der Waals surface area contributed by atoms with Gasteiger partial charge in [0.1, 0.15) is 10.6 Å². The molecule has 8 nitrogen and oxygen atoms in total. The van der Waals surface area contributed by atoms with Crippen LogP contribution in [0, 0.1) is 0 Å². The molecule has 1 aliphatic rings. The van der Waals surface area contributed by atoms with Crippen molar-refractivity contribution in [1.82, 2.24) is 4.90 Å². The second-order valence-electron chi connectivity index (χ2n) is 7.78. The number of amides is 3. The molecule has 0 spiro atoms. The first-order chi connectivity index (χ1) is 17.5. The summed E-state index contributed by atoms with van der Waals surface area (Å²) >= 11 is 12.8. The molecule has 1 N–H and O–H groups in total. The molecule has 0 bridgehead atoms. The Labute approximate surface area is 227 Å². The number of carbonyl (C=O) groups excluding carboxylic acids is 3. The number of nitrogens with one attached hydrogen (secondary N) is 1. The summed E-state index contributed by atoms with van der Waals surface area (Å²) in [7, 11) is -4.24. The van der Waals surface area contributed by atoms with Gasteiger partial charge in [-0.25, -0.2) is 0 Å². The number of para-hydroxylation sites is 1. The second-order valence-corrected chi connectivity index (χ2v) is 11.2. The average Bonchev–Trinajstić information content (AvgIpc) is 3.09. The van der Waals surface area contributed by atoms with E-state index in [1.807, 2.05) is 0 Å². The normalized spacial score (nSPS) is 14.8. The zero-order valence-corrected chi connectivity index (χ0v) is 22.2. The number of rotatable bonds is 7. The van der Waals surface area contributed by atoms with Gasteiger partial charge in [0.15, 0.2) is 0 Å². The first-order valence-corrected chi connectivity index (χ1v) is 13.6. The van der Waals surface area contributed by atoms with Crippen molar-refractivity contribution >= 4 is 73.9 Å². The number of imide groups is 1. The van der Waals surface area contributed by atoms with Gasteiger partial charge in [0, 0.05) is 28.2 Å². The lowest BCUT2D eigenvalue weighted by Gasteiger charge is -2.14. The molecule has 0 aromatic heterocycles. The monoisotopic (exact) mass is 576 g/mol. The zero-order valence-electron chi connectivity index (χ0n) is 19.1. The van der Waals surface area contributed by atoms with Crippen LogP contribution in [0.3, 0.4) is 0 Å². The van der Waals surface area contributed by atoms with Crippen molar-refractivity contribution in [2.24, 2.45) is 0 Å². The van der Waals surface area contributed by atoms with Crippen LogP contribution in [0.15, 0.2) is 76.5 Å². The third kappa shape index (κ3) is 6.34. The molecule has 3 aromatic rings. The van der Waals surface area contributed by atoms with Crippen LogP contribution in [0.5, 0.6) is 5.75 Å². The van der Waals surface area contributed by atoms with Gasteiger partial charge in [-0.15, -0.1) is 0 Å². The molecule has 0 unspecified atom stereocenters. The number of benzene rings is 3. The summed E-state index contributed by atoms with van der Waals surface area (Å²) in [6, 6.07) is 16.5. The fourth-order valence-corrected chi connectivity index (χ4v) is 5.60. The minimum absolute atomic E-state index is 0.0269. The van der Waals surface area contributed by atoms with Crippen LogP contribution in [0.2, 0.25) is 10.0 Å². The third-order valence-corrected chi connectivity index (χ3v) is 7.83. The van der Waals surface area contributed by atoms with Crippen LogP contribution in [0.4, 0.5) is 10.5 Å². The van der Waals surface area contributed by atoms with Crippen LogP contribution >= 0.6 is 35.0 Å². The standard InChI is InChI=1S/C25H18Cl2N2O6S2/c1-15(30)28-19-8-10-20(11-9-19)37(33,34)35-22-5-3-2-4-16(22)12-23-24(31)29(25(32)36-23)14-17-6-7-18(26)13-21(17)27/h2-13H,14H2,1H3,(H,28,30)/b23-12-. The number of anilines is 1. The molecule has 0 saturated carbocycles.